The van der Waals surface area contributed by atoms with Crippen LogP contribution in [0, 0.1) is 6.92 Å². The van der Waals surface area contributed by atoms with Crippen LogP contribution in [0.25, 0.3) is 61.2 Å². The van der Waals surface area contributed by atoms with Gasteiger partial charge < -0.3 is 4.42 Å². The number of aromatic nitrogens is 2. The molecule has 208 valence electrons. The number of aryl methyl sites for hydroxylation is 2. The lowest BCUT2D eigenvalue weighted by Crippen LogP contribution is -2.30. The van der Waals surface area contributed by atoms with Crippen LogP contribution in [0.15, 0.2) is 108 Å². The first-order valence-corrected chi connectivity index (χ1v) is 14.6. The van der Waals surface area contributed by atoms with Gasteiger partial charge in [0, 0.05) is 24.6 Å². The van der Waals surface area contributed by atoms with Crippen LogP contribution in [0.3, 0.4) is 0 Å². The Bertz CT molecular complexity index is 2180. The van der Waals surface area contributed by atoms with Gasteiger partial charge in [-0.15, -0.1) is 0 Å². The van der Waals surface area contributed by atoms with Gasteiger partial charge in [0.05, 0.1) is 7.05 Å². The van der Waals surface area contributed by atoms with Crippen LogP contribution in [-0.2, 0) is 7.05 Å². The van der Waals surface area contributed by atoms with E-state index in [1.165, 1.54) is 0 Å². The molecule has 3 nitrogen and oxygen atoms in total. The summed E-state index contributed by atoms with van der Waals surface area (Å²) in [7, 11) is 2.10. The van der Waals surface area contributed by atoms with Crippen LogP contribution in [0.4, 0.5) is 0 Å². The highest BCUT2D eigenvalue weighted by Gasteiger charge is 2.33. The van der Waals surface area contributed by atoms with Gasteiger partial charge in [-0.2, -0.15) is 4.57 Å². The van der Waals surface area contributed by atoms with Gasteiger partial charge in [0.1, 0.15) is 16.8 Å². The highest BCUT2D eigenvalue weighted by atomic mass is 16.3. The summed E-state index contributed by atoms with van der Waals surface area (Å²) in [6.07, 6.45) is 0. The van der Waals surface area contributed by atoms with Gasteiger partial charge in [-0.3, -0.25) is 0 Å². The van der Waals surface area contributed by atoms with Crippen molar-refractivity contribution in [1.82, 2.24) is 4.57 Å². The molecule has 2 aromatic heterocycles. The van der Waals surface area contributed by atoms with Crippen molar-refractivity contribution in [3.63, 3.8) is 0 Å². The second-order valence-corrected chi connectivity index (χ2v) is 11.7. The molecule has 0 aliphatic rings. The van der Waals surface area contributed by atoms with E-state index in [0.717, 1.165) is 77.9 Å². The van der Waals surface area contributed by atoms with Crippen molar-refractivity contribution < 1.29 is 11.7 Å². The summed E-state index contributed by atoms with van der Waals surface area (Å²) in [5.74, 6) is -0.836. The summed E-state index contributed by atoms with van der Waals surface area (Å²) in [5, 5.41) is 2.14. The van der Waals surface area contributed by atoms with Gasteiger partial charge >= 0.3 is 0 Å². The molecule has 0 aliphatic heterocycles. The van der Waals surface area contributed by atoms with E-state index in [1.54, 1.807) is 0 Å². The molecular formula is C39H37N2O+. The normalized spacial score (nSPS) is 13.2. The van der Waals surface area contributed by atoms with Crippen LogP contribution < -0.4 is 4.57 Å². The molecule has 0 radical (unpaired) electrons. The number of para-hydroxylation sites is 3. The molecule has 0 N–H and O–H groups in total. The van der Waals surface area contributed by atoms with Crippen molar-refractivity contribution in [1.29, 1.82) is 0 Å². The minimum atomic E-state index is -0.897. The van der Waals surface area contributed by atoms with E-state index < -0.39 is 11.8 Å². The lowest BCUT2D eigenvalue weighted by atomic mass is 9.92. The summed E-state index contributed by atoms with van der Waals surface area (Å²) < 4.78 is 29.7. The second kappa shape index (κ2) is 10.0. The summed E-state index contributed by atoms with van der Waals surface area (Å²) in [6.45, 7) is 9.83. The number of imidazole rings is 1. The number of hydrogen-bond donors (Lipinski definition) is 0. The van der Waals surface area contributed by atoms with Gasteiger partial charge in [0.2, 0.25) is 0 Å². The average Bonchev–Trinajstić information content (AvgIpc) is 3.50. The maximum atomic E-state index is 9.19. The number of nitrogens with zero attached hydrogens (tertiary/aromatic N) is 2. The topological polar surface area (TPSA) is 21.9 Å². The van der Waals surface area contributed by atoms with Gasteiger partial charge in [-0.25, -0.2) is 4.57 Å². The third-order valence-corrected chi connectivity index (χ3v) is 8.53. The van der Waals surface area contributed by atoms with Crippen LogP contribution in [0.2, 0.25) is 0 Å². The molecule has 42 heavy (non-hydrogen) atoms. The van der Waals surface area contributed by atoms with Gasteiger partial charge in [0.15, 0.2) is 16.6 Å². The molecule has 0 spiro atoms. The predicted octanol–water partition coefficient (Wildman–Crippen LogP) is 10.2. The summed E-state index contributed by atoms with van der Waals surface area (Å²) in [5.41, 5.74) is 10.8. The van der Waals surface area contributed by atoms with E-state index in [0.29, 0.717) is 0 Å². The zero-order valence-corrected chi connectivity index (χ0v) is 25.1. The number of fused-ring (bicyclic) bond motifs is 4. The second-order valence-electron chi connectivity index (χ2n) is 11.7. The largest absolute Gasteiger partial charge is 0.455 e. The molecule has 0 aliphatic carbocycles. The molecule has 0 unspecified atom stereocenters. The molecule has 0 saturated carbocycles. The van der Waals surface area contributed by atoms with Crippen molar-refractivity contribution in [2.75, 3.05) is 0 Å². The molecular weight excluding hydrogens is 512 g/mol. The smallest absolute Gasteiger partial charge is 0.299 e. The highest BCUT2D eigenvalue weighted by Crippen LogP contribution is 2.42. The Balaban J connectivity index is 1.62. The van der Waals surface area contributed by atoms with Crippen molar-refractivity contribution in [3.8, 4) is 28.2 Å². The zero-order valence-electron chi connectivity index (χ0n) is 27.1. The monoisotopic (exact) mass is 551 g/mol. The lowest BCUT2D eigenvalue weighted by Gasteiger charge is -2.18. The maximum absolute atomic E-state index is 9.19. The minimum absolute atomic E-state index is 0.833. The molecule has 0 fully saturated rings. The van der Waals surface area contributed by atoms with Crippen molar-refractivity contribution in [3.05, 3.63) is 120 Å². The Morgan fingerprint density at radius 1 is 0.714 bits per heavy atom. The molecule has 0 bridgehead atoms. The SMILES string of the molecule is [2H]C(C)(C)c1cccc(C([2H])(C)C)c1-n1c(-c2c(C)ccc3c2oc2cc(-c4ccccc4)ccc23)[n+](C)c2ccccc21. The van der Waals surface area contributed by atoms with Crippen molar-refractivity contribution in [2.45, 2.75) is 46.4 Å². The van der Waals surface area contributed by atoms with E-state index in [2.05, 4.69) is 102 Å². The third-order valence-electron chi connectivity index (χ3n) is 8.53. The predicted molar refractivity (Wildman–Crippen MR) is 176 cm³/mol. The highest BCUT2D eigenvalue weighted by molar-refractivity contribution is 6.10. The molecule has 7 aromatic rings. The summed E-state index contributed by atoms with van der Waals surface area (Å²) in [4.78, 5) is 0. The Labute approximate surface area is 250 Å². The van der Waals surface area contributed by atoms with Gasteiger partial charge in [-0.05, 0) is 59.7 Å². The molecule has 0 amide bonds. The average molecular weight is 552 g/mol. The molecule has 2 heterocycles. The fraction of sp³-hybridized carbons (Fsp3) is 0.205. The van der Waals surface area contributed by atoms with E-state index in [4.69, 9.17) is 4.42 Å². The Hall–Kier alpha value is -4.63. The molecule has 3 heteroatoms. The minimum Gasteiger partial charge on any atom is -0.455 e. The molecule has 5 aromatic carbocycles. The Morgan fingerprint density at radius 3 is 2.10 bits per heavy atom. The fourth-order valence-corrected chi connectivity index (χ4v) is 6.44. The quantitative estimate of drug-likeness (QED) is 0.195. The lowest BCUT2D eigenvalue weighted by molar-refractivity contribution is -0.633. The third kappa shape index (κ3) is 3.99. The van der Waals surface area contributed by atoms with Crippen LogP contribution in [0.1, 0.15) is 58.9 Å². The van der Waals surface area contributed by atoms with Crippen LogP contribution in [0.5, 0.6) is 0 Å². The standard InChI is InChI=1S/C39H37N2O/c1-24(2)29-15-12-16-30(25(3)4)37(29)41-34-18-11-10-17-33(34)40(6)39(41)36-26(5)19-21-32-31-22-20-28(23-35(31)42-38(32)36)27-13-8-7-9-14-27/h7-25H,1-6H3/q+1/i24D,25D. The number of hydrogen-bond acceptors (Lipinski definition) is 1. The van der Waals surface area contributed by atoms with Crippen LogP contribution >= 0.6 is 0 Å². The first-order valence-electron chi connectivity index (χ1n) is 15.6. The maximum Gasteiger partial charge on any atom is 0.299 e. The van der Waals surface area contributed by atoms with Crippen molar-refractivity contribution in [2.24, 2.45) is 7.05 Å². The van der Waals surface area contributed by atoms with Gasteiger partial charge in [-0.1, -0.05) is 107 Å². The van der Waals surface area contributed by atoms with Gasteiger partial charge in [0.25, 0.3) is 5.82 Å². The van der Waals surface area contributed by atoms with E-state index in [1.807, 2.05) is 52.0 Å². The first-order chi connectivity index (χ1) is 20.9. The first kappa shape index (κ1) is 24.0. The fourth-order valence-electron chi connectivity index (χ4n) is 6.44. The summed E-state index contributed by atoms with van der Waals surface area (Å²) in [6, 6.07) is 35.6. The van der Waals surface area contributed by atoms with Crippen LogP contribution in [-0.4, -0.2) is 4.57 Å². The Morgan fingerprint density at radius 2 is 1.38 bits per heavy atom. The Kier molecular flexibility index (Phi) is 5.73. The molecule has 7 rings (SSSR count). The van der Waals surface area contributed by atoms with E-state index in [9.17, 15) is 2.74 Å². The zero-order chi connectivity index (χ0) is 31.0. The molecule has 0 saturated heterocycles. The van der Waals surface area contributed by atoms with E-state index >= 15 is 0 Å². The van der Waals surface area contributed by atoms with E-state index in [-0.39, 0.29) is 0 Å². The number of benzene rings is 5. The van der Waals surface area contributed by atoms with Crippen molar-refractivity contribution >= 4 is 33.0 Å². The molecule has 0 atom stereocenters. The number of rotatable bonds is 5. The number of furan rings is 1. The summed E-state index contributed by atoms with van der Waals surface area (Å²) >= 11 is 0.